The van der Waals surface area contributed by atoms with E-state index in [2.05, 4.69) is 9.97 Å². The molecule has 0 spiro atoms. The summed E-state index contributed by atoms with van der Waals surface area (Å²) < 4.78 is 1.90. The Morgan fingerprint density at radius 1 is 1.31 bits per heavy atom. The van der Waals surface area contributed by atoms with E-state index >= 15 is 0 Å². The maximum absolute atomic E-state index is 11.1. The van der Waals surface area contributed by atoms with E-state index < -0.39 is 0 Å². The number of ketones is 1. The molecule has 0 aliphatic carbocycles. The van der Waals surface area contributed by atoms with Gasteiger partial charge in [0.1, 0.15) is 11.6 Å². The van der Waals surface area contributed by atoms with Crippen molar-refractivity contribution < 1.29 is 4.79 Å². The molecule has 0 N–H and O–H groups in total. The summed E-state index contributed by atoms with van der Waals surface area (Å²) in [7, 11) is 0. The molecule has 0 saturated heterocycles. The zero-order chi connectivity index (χ0) is 11.7. The molecule has 0 bridgehead atoms. The van der Waals surface area contributed by atoms with E-state index in [0.717, 1.165) is 17.3 Å². The number of nitrogens with zero attached hydrogens (tertiary/aromatic N) is 3. The van der Waals surface area contributed by atoms with Gasteiger partial charge < -0.3 is 0 Å². The van der Waals surface area contributed by atoms with Crippen LogP contribution >= 0.6 is 0 Å². The summed E-state index contributed by atoms with van der Waals surface area (Å²) >= 11 is 0. The molecule has 0 unspecified atom stereocenters. The van der Waals surface area contributed by atoms with Gasteiger partial charge in [-0.3, -0.25) is 9.36 Å². The third-order valence-electron chi connectivity index (χ3n) is 2.40. The molecule has 0 aromatic carbocycles. The molecule has 2 aromatic rings. The summed E-state index contributed by atoms with van der Waals surface area (Å²) in [6.45, 7) is 5.39. The Kier molecular flexibility index (Phi) is 2.56. The minimum Gasteiger partial charge on any atom is -0.294 e. The van der Waals surface area contributed by atoms with Crippen molar-refractivity contribution in [1.29, 1.82) is 0 Å². The van der Waals surface area contributed by atoms with Gasteiger partial charge in [-0.2, -0.15) is 0 Å². The molecule has 2 rings (SSSR count). The molecule has 0 saturated carbocycles. The molecule has 0 amide bonds. The topological polar surface area (TPSA) is 47.8 Å². The first-order valence-electron chi connectivity index (χ1n) is 5.08. The van der Waals surface area contributed by atoms with E-state index in [9.17, 15) is 4.79 Å². The number of Topliss-reactive ketones (excluding diaryl/α,β-unsaturated/α-hetero) is 1. The predicted octanol–water partition coefficient (Wildman–Crippen LogP) is 2.09. The van der Waals surface area contributed by atoms with Gasteiger partial charge in [-0.1, -0.05) is 0 Å². The molecule has 0 aliphatic rings. The number of rotatable bonds is 2. The maximum Gasteiger partial charge on any atom is 0.161 e. The number of hydrogen-bond acceptors (Lipinski definition) is 3. The van der Waals surface area contributed by atoms with Gasteiger partial charge >= 0.3 is 0 Å². The van der Waals surface area contributed by atoms with Crippen LogP contribution in [0.15, 0.2) is 24.5 Å². The summed E-state index contributed by atoms with van der Waals surface area (Å²) in [4.78, 5) is 19.7. The van der Waals surface area contributed by atoms with Crippen LogP contribution in [0.4, 0.5) is 0 Å². The Bertz CT molecular complexity index is 526. The Labute approximate surface area is 94.0 Å². The Balaban J connectivity index is 2.42. The van der Waals surface area contributed by atoms with E-state index in [1.165, 1.54) is 6.92 Å². The molecule has 82 valence electrons. The van der Waals surface area contributed by atoms with Gasteiger partial charge in [-0.25, -0.2) is 9.97 Å². The molecule has 2 heterocycles. The summed E-state index contributed by atoms with van der Waals surface area (Å²) in [5.74, 6) is 1.70. The Morgan fingerprint density at radius 2 is 2.06 bits per heavy atom. The molecule has 0 atom stereocenters. The van der Waals surface area contributed by atoms with Crippen LogP contribution in [-0.4, -0.2) is 20.3 Å². The first kappa shape index (κ1) is 10.5. The standard InChI is InChI=1S/C12H13N3O/c1-8-7-15(10(3)14-8)12-5-4-11(6-13-12)9(2)16/h4-7H,1-3H3. The first-order valence-corrected chi connectivity index (χ1v) is 5.08. The van der Waals surface area contributed by atoms with Crippen LogP contribution in [0, 0.1) is 13.8 Å². The summed E-state index contributed by atoms with van der Waals surface area (Å²) in [6, 6.07) is 3.60. The number of imidazole rings is 1. The van der Waals surface area contributed by atoms with Crippen LogP contribution in [0.3, 0.4) is 0 Å². The third kappa shape index (κ3) is 1.86. The number of aryl methyl sites for hydroxylation is 2. The molecule has 16 heavy (non-hydrogen) atoms. The van der Waals surface area contributed by atoms with Crippen molar-refractivity contribution in [3.8, 4) is 5.82 Å². The molecular weight excluding hydrogens is 202 g/mol. The second-order valence-electron chi connectivity index (χ2n) is 3.76. The molecular formula is C12H13N3O. The van der Waals surface area contributed by atoms with Gasteiger partial charge in [0.25, 0.3) is 0 Å². The average Bonchev–Trinajstić information content (AvgIpc) is 2.58. The summed E-state index contributed by atoms with van der Waals surface area (Å²) in [5, 5.41) is 0. The molecule has 0 fully saturated rings. The zero-order valence-electron chi connectivity index (χ0n) is 9.56. The lowest BCUT2D eigenvalue weighted by molar-refractivity contribution is 0.101. The highest BCUT2D eigenvalue weighted by Gasteiger charge is 2.05. The SMILES string of the molecule is CC(=O)c1ccc(-n2cc(C)nc2C)nc1. The highest BCUT2D eigenvalue weighted by molar-refractivity contribution is 5.93. The van der Waals surface area contributed by atoms with Gasteiger partial charge in [0, 0.05) is 18.0 Å². The number of pyridine rings is 1. The van der Waals surface area contributed by atoms with Crippen LogP contribution in [0.25, 0.3) is 5.82 Å². The van der Waals surface area contributed by atoms with Crippen molar-refractivity contribution in [2.45, 2.75) is 20.8 Å². The third-order valence-corrected chi connectivity index (χ3v) is 2.40. The lowest BCUT2D eigenvalue weighted by Crippen LogP contribution is -2.00. The van der Waals surface area contributed by atoms with Gasteiger partial charge in [0.15, 0.2) is 5.78 Å². The van der Waals surface area contributed by atoms with Gasteiger partial charge in [-0.15, -0.1) is 0 Å². The molecule has 0 aliphatic heterocycles. The highest BCUT2D eigenvalue weighted by Crippen LogP contribution is 2.10. The number of carbonyl (C=O) groups is 1. The Hall–Kier alpha value is -1.97. The fourth-order valence-corrected chi connectivity index (χ4v) is 1.59. The van der Waals surface area contributed by atoms with Crippen LogP contribution < -0.4 is 0 Å². The van der Waals surface area contributed by atoms with Crippen molar-refractivity contribution >= 4 is 5.78 Å². The van der Waals surface area contributed by atoms with Gasteiger partial charge in [0.05, 0.1) is 5.69 Å². The van der Waals surface area contributed by atoms with Gasteiger partial charge in [-0.05, 0) is 32.9 Å². The second kappa shape index (κ2) is 3.89. The van der Waals surface area contributed by atoms with E-state index in [-0.39, 0.29) is 5.78 Å². The van der Waals surface area contributed by atoms with E-state index in [1.54, 1.807) is 12.3 Å². The second-order valence-corrected chi connectivity index (χ2v) is 3.76. The largest absolute Gasteiger partial charge is 0.294 e. The van der Waals surface area contributed by atoms with Crippen LogP contribution in [0.2, 0.25) is 0 Å². The number of hydrogen-bond donors (Lipinski definition) is 0. The smallest absolute Gasteiger partial charge is 0.161 e. The summed E-state index contributed by atoms with van der Waals surface area (Å²) in [5.41, 5.74) is 1.58. The molecule has 4 heteroatoms. The minimum atomic E-state index is 0.0255. The van der Waals surface area contributed by atoms with Crippen LogP contribution in [-0.2, 0) is 0 Å². The van der Waals surface area contributed by atoms with E-state index in [4.69, 9.17) is 0 Å². The number of aromatic nitrogens is 3. The lowest BCUT2D eigenvalue weighted by Gasteiger charge is -2.03. The average molecular weight is 215 g/mol. The molecule has 0 radical (unpaired) electrons. The molecule has 4 nitrogen and oxygen atoms in total. The van der Waals surface area contributed by atoms with Crippen molar-refractivity contribution in [2.75, 3.05) is 0 Å². The van der Waals surface area contributed by atoms with Crippen LogP contribution in [0.1, 0.15) is 28.8 Å². The predicted molar refractivity (Wildman–Crippen MR) is 60.8 cm³/mol. The van der Waals surface area contributed by atoms with Crippen LogP contribution in [0.5, 0.6) is 0 Å². The lowest BCUT2D eigenvalue weighted by atomic mass is 10.2. The maximum atomic E-state index is 11.1. The fourth-order valence-electron chi connectivity index (χ4n) is 1.59. The molecule has 2 aromatic heterocycles. The fraction of sp³-hybridized carbons (Fsp3) is 0.250. The van der Waals surface area contributed by atoms with Crippen molar-refractivity contribution in [1.82, 2.24) is 14.5 Å². The first-order chi connectivity index (χ1) is 7.58. The Morgan fingerprint density at radius 3 is 2.50 bits per heavy atom. The van der Waals surface area contributed by atoms with Crippen molar-refractivity contribution in [3.63, 3.8) is 0 Å². The van der Waals surface area contributed by atoms with Gasteiger partial charge in [0.2, 0.25) is 0 Å². The monoisotopic (exact) mass is 215 g/mol. The normalized spacial score (nSPS) is 10.4. The van der Waals surface area contributed by atoms with Crippen molar-refractivity contribution in [3.05, 3.63) is 41.6 Å². The highest BCUT2D eigenvalue weighted by atomic mass is 16.1. The quantitative estimate of drug-likeness (QED) is 0.721. The van der Waals surface area contributed by atoms with E-state index in [1.807, 2.05) is 30.7 Å². The summed E-state index contributed by atoms with van der Waals surface area (Å²) in [6.07, 6.45) is 3.51. The number of carbonyl (C=O) groups excluding carboxylic acids is 1. The minimum absolute atomic E-state index is 0.0255. The zero-order valence-corrected chi connectivity index (χ0v) is 9.56. The van der Waals surface area contributed by atoms with E-state index in [0.29, 0.717) is 5.56 Å². The van der Waals surface area contributed by atoms with Crippen molar-refractivity contribution in [2.24, 2.45) is 0 Å².